The highest BCUT2D eigenvalue weighted by Crippen LogP contribution is 2.21. The molecule has 0 spiro atoms. The molecule has 1 aromatic carbocycles. The molecule has 0 radical (unpaired) electrons. The van der Waals surface area contributed by atoms with Crippen LogP contribution in [0.1, 0.15) is 12.5 Å². The van der Waals surface area contributed by atoms with E-state index in [1.54, 1.807) is 0 Å². The van der Waals surface area contributed by atoms with Gasteiger partial charge in [-0.1, -0.05) is 24.8 Å². The molecule has 0 bridgehead atoms. The number of hydrogen-bond donors (Lipinski definition) is 0. The topological polar surface area (TPSA) is 26.3 Å². The lowest BCUT2D eigenvalue weighted by Crippen LogP contribution is -2.08. The number of rotatable bonds is 5. The lowest BCUT2D eigenvalue weighted by atomic mass is 10.2. The highest BCUT2D eigenvalue weighted by atomic mass is 32.2. The molecule has 0 saturated carbocycles. The summed E-state index contributed by atoms with van der Waals surface area (Å²) in [6, 6.07) is 7.99. The minimum absolute atomic E-state index is 0.198. The fraction of sp³-hybridized carbons (Fsp3) is 0.308. The summed E-state index contributed by atoms with van der Waals surface area (Å²) in [5, 5.41) is 0. The maximum Gasteiger partial charge on any atom is 0.316 e. The van der Waals surface area contributed by atoms with E-state index in [1.807, 2.05) is 38.1 Å². The van der Waals surface area contributed by atoms with Crippen molar-refractivity contribution in [1.29, 1.82) is 0 Å². The molecular weight excluding hydrogens is 220 g/mol. The maximum absolute atomic E-state index is 11.3. The molecule has 0 aliphatic rings. The quantitative estimate of drug-likeness (QED) is 0.446. The van der Waals surface area contributed by atoms with Crippen molar-refractivity contribution in [2.75, 3.05) is 12.4 Å². The predicted molar refractivity (Wildman–Crippen MR) is 67.7 cm³/mol. The molecule has 0 heterocycles. The molecule has 2 nitrogen and oxygen atoms in total. The molecule has 0 aliphatic heterocycles. The van der Waals surface area contributed by atoms with Crippen LogP contribution in [0.5, 0.6) is 0 Å². The minimum atomic E-state index is -0.198. The second-order valence-electron chi connectivity index (χ2n) is 3.67. The number of ether oxygens (including phenoxy) is 1. The molecular formula is C13H16O2S. The van der Waals surface area contributed by atoms with E-state index in [-0.39, 0.29) is 5.97 Å². The number of carbonyl (C=O) groups is 1. The first-order chi connectivity index (χ1) is 7.59. The van der Waals surface area contributed by atoms with E-state index in [9.17, 15) is 4.79 Å². The first kappa shape index (κ1) is 12.8. The van der Waals surface area contributed by atoms with Crippen molar-refractivity contribution >= 4 is 17.7 Å². The Bertz CT molecular complexity index is 385. The van der Waals surface area contributed by atoms with Crippen LogP contribution in [0.25, 0.3) is 0 Å². The number of benzene rings is 1. The van der Waals surface area contributed by atoms with Crippen LogP contribution in [0.3, 0.4) is 0 Å². The van der Waals surface area contributed by atoms with Gasteiger partial charge >= 0.3 is 5.97 Å². The number of carbonyl (C=O) groups excluding carboxylic acids is 1. The van der Waals surface area contributed by atoms with Crippen molar-refractivity contribution in [1.82, 2.24) is 0 Å². The van der Waals surface area contributed by atoms with Gasteiger partial charge in [0.05, 0.1) is 5.75 Å². The van der Waals surface area contributed by atoms with E-state index in [4.69, 9.17) is 4.74 Å². The minimum Gasteiger partial charge on any atom is -0.461 e. The molecule has 0 aromatic heterocycles. The summed E-state index contributed by atoms with van der Waals surface area (Å²) < 4.78 is 5.01. The van der Waals surface area contributed by atoms with E-state index < -0.39 is 0 Å². The van der Waals surface area contributed by atoms with Gasteiger partial charge in [0.15, 0.2) is 0 Å². The van der Waals surface area contributed by atoms with Crippen LogP contribution >= 0.6 is 11.8 Å². The lowest BCUT2D eigenvalue weighted by Gasteiger charge is -2.05. The molecule has 0 fully saturated rings. The zero-order valence-electron chi connectivity index (χ0n) is 9.66. The highest BCUT2D eigenvalue weighted by Gasteiger charge is 2.05. The smallest absolute Gasteiger partial charge is 0.316 e. The van der Waals surface area contributed by atoms with E-state index in [0.717, 1.165) is 10.5 Å². The van der Waals surface area contributed by atoms with Crippen LogP contribution in [0.4, 0.5) is 0 Å². The first-order valence-electron chi connectivity index (χ1n) is 5.08. The lowest BCUT2D eigenvalue weighted by molar-refractivity contribution is -0.139. The fourth-order valence-electron chi connectivity index (χ4n) is 1.10. The zero-order valence-corrected chi connectivity index (χ0v) is 10.5. The van der Waals surface area contributed by atoms with Gasteiger partial charge in [-0.05, 0) is 31.1 Å². The van der Waals surface area contributed by atoms with E-state index in [0.29, 0.717) is 12.4 Å². The highest BCUT2D eigenvalue weighted by molar-refractivity contribution is 8.00. The summed E-state index contributed by atoms with van der Waals surface area (Å²) in [5.41, 5.74) is 2.04. The van der Waals surface area contributed by atoms with Crippen LogP contribution < -0.4 is 0 Å². The van der Waals surface area contributed by atoms with Crippen LogP contribution in [-0.4, -0.2) is 18.3 Å². The summed E-state index contributed by atoms with van der Waals surface area (Å²) in [5.74, 6) is 0.147. The van der Waals surface area contributed by atoms with Gasteiger partial charge in [0, 0.05) is 4.90 Å². The molecule has 3 heteroatoms. The average Bonchev–Trinajstić information content (AvgIpc) is 2.25. The number of esters is 1. The molecule has 1 aromatic rings. The van der Waals surface area contributed by atoms with Crippen LogP contribution in [0, 0.1) is 6.92 Å². The second-order valence-corrected chi connectivity index (χ2v) is 4.69. The number of aryl methyl sites for hydroxylation is 1. The molecule has 0 atom stereocenters. The standard InChI is InChI=1S/C13H16O2S/c1-10(2)8-15-13(14)9-16-12-7-5-4-6-11(12)3/h4-7H,1,8-9H2,2-3H3. The molecule has 0 unspecified atom stereocenters. The van der Waals surface area contributed by atoms with Crippen LogP contribution in [0.2, 0.25) is 0 Å². The third kappa shape index (κ3) is 4.53. The van der Waals surface area contributed by atoms with Crippen molar-refractivity contribution in [3.63, 3.8) is 0 Å². The molecule has 1 rings (SSSR count). The van der Waals surface area contributed by atoms with Gasteiger partial charge in [-0.25, -0.2) is 0 Å². The molecule has 86 valence electrons. The van der Waals surface area contributed by atoms with Crippen LogP contribution in [0.15, 0.2) is 41.3 Å². The van der Waals surface area contributed by atoms with Gasteiger partial charge in [-0.15, -0.1) is 11.8 Å². The Kier molecular flexibility index (Phi) is 5.12. The third-order valence-corrected chi connectivity index (χ3v) is 3.07. The Labute approximate surface area is 101 Å². The van der Waals surface area contributed by atoms with E-state index >= 15 is 0 Å². The van der Waals surface area contributed by atoms with E-state index in [2.05, 4.69) is 6.58 Å². The SMILES string of the molecule is C=C(C)COC(=O)CSc1ccccc1C. The normalized spacial score (nSPS) is 9.88. The number of hydrogen-bond acceptors (Lipinski definition) is 3. The van der Waals surface area contributed by atoms with Gasteiger partial charge in [-0.2, -0.15) is 0 Å². The Balaban J connectivity index is 2.37. The Morgan fingerprint density at radius 1 is 1.44 bits per heavy atom. The molecule has 0 amide bonds. The van der Waals surface area contributed by atoms with Gasteiger partial charge in [-0.3, -0.25) is 4.79 Å². The zero-order chi connectivity index (χ0) is 12.0. The Hall–Kier alpha value is -1.22. The molecule has 0 saturated heterocycles. The van der Waals surface area contributed by atoms with Gasteiger partial charge in [0.2, 0.25) is 0 Å². The maximum atomic E-state index is 11.3. The van der Waals surface area contributed by atoms with Crippen molar-refractivity contribution < 1.29 is 9.53 Å². The Morgan fingerprint density at radius 3 is 2.75 bits per heavy atom. The fourth-order valence-corrected chi connectivity index (χ4v) is 1.93. The van der Waals surface area contributed by atoms with Crippen molar-refractivity contribution in [2.45, 2.75) is 18.7 Å². The summed E-state index contributed by atoms with van der Waals surface area (Å²) in [6.45, 7) is 7.85. The second kappa shape index (κ2) is 6.38. The largest absolute Gasteiger partial charge is 0.461 e. The van der Waals surface area contributed by atoms with Gasteiger partial charge < -0.3 is 4.74 Å². The predicted octanol–water partition coefficient (Wildman–Crippen LogP) is 3.21. The summed E-state index contributed by atoms with van der Waals surface area (Å²) in [6.07, 6.45) is 0. The van der Waals surface area contributed by atoms with Crippen molar-refractivity contribution in [3.05, 3.63) is 42.0 Å². The van der Waals surface area contributed by atoms with Crippen molar-refractivity contribution in [2.24, 2.45) is 0 Å². The summed E-state index contributed by atoms with van der Waals surface area (Å²) in [4.78, 5) is 12.5. The first-order valence-corrected chi connectivity index (χ1v) is 6.06. The van der Waals surface area contributed by atoms with Crippen LogP contribution in [-0.2, 0) is 9.53 Å². The molecule has 0 aliphatic carbocycles. The number of thioether (sulfide) groups is 1. The van der Waals surface area contributed by atoms with Gasteiger partial charge in [0.25, 0.3) is 0 Å². The monoisotopic (exact) mass is 236 g/mol. The molecule has 16 heavy (non-hydrogen) atoms. The van der Waals surface area contributed by atoms with E-state index in [1.165, 1.54) is 17.3 Å². The summed E-state index contributed by atoms with van der Waals surface area (Å²) in [7, 11) is 0. The average molecular weight is 236 g/mol. The Morgan fingerprint density at radius 2 is 2.12 bits per heavy atom. The molecule has 0 N–H and O–H groups in total. The van der Waals surface area contributed by atoms with Crippen molar-refractivity contribution in [3.8, 4) is 0 Å². The summed E-state index contributed by atoms with van der Waals surface area (Å²) >= 11 is 1.50. The third-order valence-electron chi connectivity index (χ3n) is 1.92. The van der Waals surface area contributed by atoms with Gasteiger partial charge in [0.1, 0.15) is 6.61 Å².